The van der Waals surface area contributed by atoms with Gasteiger partial charge >= 0.3 is 0 Å². The lowest BCUT2D eigenvalue weighted by molar-refractivity contribution is 0.0652. The number of benzene rings is 2. The number of carbonyl (C=O) groups is 2. The predicted octanol–water partition coefficient (Wildman–Crippen LogP) is 4.75. The van der Waals surface area contributed by atoms with Crippen molar-refractivity contribution < 1.29 is 14.3 Å². The molecule has 1 aliphatic rings. The maximum absolute atomic E-state index is 12.7. The van der Waals surface area contributed by atoms with Gasteiger partial charge in [0, 0.05) is 23.2 Å². The molecule has 0 atom stereocenters. The number of fused-ring (bicyclic) bond motifs is 1. The van der Waals surface area contributed by atoms with Gasteiger partial charge < -0.3 is 9.72 Å². The minimum Gasteiger partial charge on any atom is -0.497 e. The molecule has 2 aromatic carbocycles. The minimum atomic E-state index is -0.228. The number of hydrogen-bond donors (Lipinski definition) is 1. The number of aryl methyl sites for hydroxylation is 2. The number of thiazole rings is 1. The van der Waals surface area contributed by atoms with E-state index < -0.39 is 0 Å². The van der Waals surface area contributed by atoms with E-state index in [4.69, 9.17) is 9.72 Å². The van der Waals surface area contributed by atoms with Crippen molar-refractivity contribution in [3.63, 3.8) is 0 Å². The molecule has 166 valence electrons. The fraction of sp³-hybridized carbons (Fsp3) is 0.200. The summed E-state index contributed by atoms with van der Waals surface area (Å²) in [5.74, 6) is 1.03. The molecule has 3 heterocycles. The second kappa shape index (κ2) is 8.63. The van der Waals surface area contributed by atoms with Crippen LogP contribution in [0.15, 0.2) is 53.9 Å². The number of hydrogen-bond acceptors (Lipinski definition) is 6. The topological polar surface area (TPSA) is 88.2 Å². The van der Waals surface area contributed by atoms with Crippen LogP contribution in [-0.4, -0.2) is 45.3 Å². The van der Waals surface area contributed by atoms with E-state index in [0.29, 0.717) is 36.3 Å². The van der Waals surface area contributed by atoms with Gasteiger partial charge in [-0.25, -0.2) is 9.97 Å². The summed E-state index contributed by atoms with van der Waals surface area (Å²) in [5.41, 5.74) is 4.49. The van der Waals surface area contributed by atoms with Gasteiger partial charge in [0.25, 0.3) is 11.8 Å². The molecule has 0 aliphatic carbocycles. The quantitative estimate of drug-likeness (QED) is 0.404. The normalized spacial score (nSPS) is 13.0. The molecular formula is C25H22N4O3S. The highest BCUT2D eigenvalue weighted by atomic mass is 32.1. The summed E-state index contributed by atoms with van der Waals surface area (Å²) >= 11 is 1.57. The predicted molar refractivity (Wildman–Crippen MR) is 127 cm³/mol. The zero-order chi connectivity index (χ0) is 22.9. The molecule has 5 rings (SSSR count). The van der Waals surface area contributed by atoms with Crippen LogP contribution in [0.5, 0.6) is 5.75 Å². The van der Waals surface area contributed by atoms with Crippen molar-refractivity contribution in [3.8, 4) is 28.5 Å². The van der Waals surface area contributed by atoms with Crippen LogP contribution in [0.25, 0.3) is 22.8 Å². The van der Waals surface area contributed by atoms with Crippen LogP contribution in [0.4, 0.5) is 0 Å². The number of imide groups is 1. The first-order valence-corrected chi connectivity index (χ1v) is 11.5. The molecule has 1 N–H and O–H groups in total. The van der Waals surface area contributed by atoms with Gasteiger partial charge in [-0.2, -0.15) is 0 Å². The Labute approximate surface area is 195 Å². The van der Waals surface area contributed by atoms with Crippen LogP contribution in [-0.2, 0) is 6.42 Å². The maximum atomic E-state index is 12.7. The second-order valence-electron chi connectivity index (χ2n) is 7.80. The van der Waals surface area contributed by atoms with E-state index in [0.717, 1.165) is 33.4 Å². The number of carbonyl (C=O) groups excluding carboxylic acids is 2. The summed E-state index contributed by atoms with van der Waals surface area (Å²) in [5, 5.41) is 2.95. The number of methoxy groups -OCH3 is 1. The molecular weight excluding hydrogens is 436 g/mol. The van der Waals surface area contributed by atoms with Crippen LogP contribution in [0.1, 0.15) is 37.8 Å². The van der Waals surface area contributed by atoms with Crippen molar-refractivity contribution in [3.05, 3.63) is 75.7 Å². The number of rotatable bonds is 7. The molecule has 0 bridgehead atoms. The highest BCUT2D eigenvalue weighted by molar-refractivity contribution is 7.09. The fourth-order valence-corrected chi connectivity index (χ4v) is 4.63. The number of ether oxygens (including phenoxy) is 1. The molecule has 4 aromatic rings. The molecule has 1 aliphatic heterocycles. The first-order valence-electron chi connectivity index (χ1n) is 10.7. The van der Waals surface area contributed by atoms with Crippen molar-refractivity contribution in [2.24, 2.45) is 0 Å². The van der Waals surface area contributed by atoms with Crippen molar-refractivity contribution >= 4 is 23.2 Å². The lowest BCUT2D eigenvalue weighted by Gasteiger charge is -2.13. The monoisotopic (exact) mass is 458 g/mol. The number of aromatic amines is 1. The Morgan fingerprint density at radius 1 is 1.00 bits per heavy atom. The highest BCUT2D eigenvalue weighted by Crippen LogP contribution is 2.29. The molecule has 2 aromatic heterocycles. The molecule has 2 amide bonds. The second-order valence-corrected chi connectivity index (χ2v) is 8.87. The van der Waals surface area contributed by atoms with E-state index in [9.17, 15) is 9.59 Å². The minimum absolute atomic E-state index is 0.228. The summed E-state index contributed by atoms with van der Waals surface area (Å²) in [4.78, 5) is 39.4. The Hall–Kier alpha value is -3.78. The van der Waals surface area contributed by atoms with Crippen LogP contribution in [0, 0.1) is 6.92 Å². The zero-order valence-corrected chi connectivity index (χ0v) is 19.1. The Bertz CT molecular complexity index is 1300. The number of nitrogens with zero attached hydrogens (tertiary/aromatic N) is 3. The van der Waals surface area contributed by atoms with Crippen molar-refractivity contribution in [2.75, 3.05) is 13.7 Å². The van der Waals surface area contributed by atoms with E-state index in [-0.39, 0.29) is 11.8 Å². The third-order valence-corrected chi connectivity index (χ3v) is 6.46. The van der Waals surface area contributed by atoms with Gasteiger partial charge in [0.05, 0.1) is 28.9 Å². The fourth-order valence-electron chi connectivity index (χ4n) is 4.03. The molecule has 0 saturated carbocycles. The molecule has 0 unspecified atom stereocenters. The third kappa shape index (κ3) is 3.93. The molecule has 7 nitrogen and oxygen atoms in total. The Morgan fingerprint density at radius 2 is 1.70 bits per heavy atom. The van der Waals surface area contributed by atoms with E-state index in [1.54, 1.807) is 42.7 Å². The van der Waals surface area contributed by atoms with Crippen molar-refractivity contribution in [1.82, 2.24) is 19.9 Å². The van der Waals surface area contributed by atoms with Gasteiger partial charge in [0.15, 0.2) is 5.82 Å². The average molecular weight is 459 g/mol. The molecule has 0 radical (unpaired) electrons. The van der Waals surface area contributed by atoms with E-state index in [1.165, 1.54) is 4.90 Å². The zero-order valence-electron chi connectivity index (χ0n) is 18.3. The SMILES string of the molecule is COc1ccc(-c2nc(-c3csc(C)n3)[nH]c2CCCN2C(=O)c3ccccc3C2=O)cc1. The summed E-state index contributed by atoms with van der Waals surface area (Å²) < 4.78 is 5.28. The number of H-pyrrole nitrogens is 1. The van der Waals surface area contributed by atoms with Crippen LogP contribution in [0.3, 0.4) is 0 Å². The van der Waals surface area contributed by atoms with Gasteiger partial charge in [-0.15, -0.1) is 11.3 Å². The third-order valence-electron chi connectivity index (χ3n) is 5.69. The molecule has 0 saturated heterocycles. The Morgan fingerprint density at radius 3 is 2.30 bits per heavy atom. The number of imidazole rings is 1. The summed E-state index contributed by atoms with van der Waals surface area (Å²) in [6.45, 7) is 2.31. The lowest BCUT2D eigenvalue weighted by atomic mass is 10.1. The smallest absolute Gasteiger partial charge is 0.261 e. The summed E-state index contributed by atoms with van der Waals surface area (Å²) in [6.07, 6.45) is 1.25. The van der Waals surface area contributed by atoms with E-state index in [1.807, 2.05) is 36.6 Å². The van der Waals surface area contributed by atoms with Crippen LogP contribution < -0.4 is 4.74 Å². The number of nitrogens with one attached hydrogen (secondary N) is 1. The van der Waals surface area contributed by atoms with E-state index in [2.05, 4.69) is 9.97 Å². The Kier molecular flexibility index (Phi) is 5.51. The first-order chi connectivity index (χ1) is 16.0. The van der Waals surface area contributed by atoms with Gasteiger partial charge in [-0.05, 0) is 56.2 Å². The Balaban J connectivity index is 1.38. The number of aromatic nitrogens is 3. The summed E-state index contributed by atoms with van der Waals surface area (Å²) in [7, 11) is 1.64. The van der Waals surface area contributed by atoms with Crippen molar-refractivity contribution in [2.45, 2.75) is 19.8 Å². The van der Waals surface area contributed by atoms with Gasteiger partial charge in [0.1, 0.15) is 11.4 Å². The van der Waals surface area contributed by atoms with Crippen molar-refractivity contribution in [1.29, 1.82) is 0 Å². The van der Waals surface area contributed by atoms with Gasteiger partial charge in [-0.3, -0.25) is 14.5 Å². The molecule has 33 heavy (non-hydrogen) atoms. The van der Waals surface area contributed by atoms with Gasteiger partial charge in [0.2, 0.25) is 0 Å². The molecule has 8 heteroatoms. The summed E-state index contributed by atoms with van der Waals surface area (Å²) in [6, 6.07) is 14.7. The maximum Gasteiger partial charge on any atom is 0.261 e. The van der Waals surface area contributed by atoms with Gasteiger partial charge in [-0.1, -0.05) is 12.1 Å². The number of amides is 2. The average Bonchev–Trinajstić information content (AvgIpc) is 3.52. The van der Waals surface area contributed by atoms with Crippen LogP contribution in [0.2, 0.25) is 0 Å². The van der Waals surface area contributed by atoms with E-state index >= 15 is 0 Å². The van der Waals surface area contributed by atoms with Crippen LogP contribution >= 0.6 is 11.3 Å². The lowest BCUT2D eigenvalue weighted by Crippen LogP contribution is -2.31. The molecule has 0 fully saturated rings. The first kappa shape index (κ1) is 21.1. The highest BCUT2D eigenvalue weighted by Gasteiger charge is 2.34. The standard InChI is InChI=1S/C25H22N4O3S/c1-15-26-21(14-33-15)23-27-20(22(28-23)16-9-11-17(32-2)12-10-16)8-5-13-29-24(30)18-6-3-4-7-19(18)25(29)31/h3-4,6-7,9-12,14H,5,8,13H2,1-2H3,(H,27,28). The largest absolute Gasteiger partial charge is 0.497 e. The molecule has 0 spiro atoms.